The van der Waals surface area contributed by atoms with Gasteiger partial charge in [-0.05, 0) is 18.5 Å². The van der Waals surface area contributed by atoms with Gasteiger partial charge in [-0.2, -0.15) is 0 Å². The molecule has 1 amide bonds. The molecule has 86 valence electrons. The predicted molar refractivity (Wildman–Crippen MR) is 63.4 cm³/mol. The first-order valence-electron chi connectivity index (χ1n) is 5.29. The average molecular weight is 240 g/mol. The van der Waals surface area contributed by atoms with Crippen molar-refractivity contribution < 1.29 is 4.79 Å². The highest BCUT2D eigenvalue weighted by Gasteiger charge is 2.29. The number of hydrogen-bond donors (Lipinski definition) is 2. The minimum absolute atomic E-state index is 0.00685. The van der Waals surface area contributed by atoms with Crippen molar-refractivity contribution in [2.45, 2.75) is 6.92 Å². The minimum atomic E-state index is 0.00685. The fraction of sp³-hybridized carbons (Fsp3) is 0.455. The van der Waals surface area contributed by atoms with Gasteiger partial charge in [-0.25, -0.2) is 0 Å². The van der Waals surface area contributed by atoms with Crippen LogP contribution in [-0.4, -0.2) is 24.0 Å². The van der Waals surface area contributed by atoms with Gasteiger partial charge in [-0.15, -0.1) is 0 Å². The van der Waals surface area contributed by atoms with Crippen LogP contribution >= 0.6 is 11.6 Å². The Morgan fingerprint density at radius 3 is 3.06 bits per heavy atom. The van der Waals surface area contributed by atoms with Crippen LogP contribution in [0.4, 0.5) is 5.69 Å². The molecule has 1 aromatic rings. The lowest BCUT2D eigenvalue weighted by Crippen LogP contribution is -2.27. The first kappa shape index (κ1) is 11.4. The Morgan fingerprint density at radius 2 is 2.44 bits per heavy atom. The normalized spacial score (nSPS) is 24.4. The Bertz CT molecular complexity index is 397. The fourth-order valence-corrected chi connectivity index (χ4v) is 2.01. The van der Waals surface area contributed by atoms with E-state index in [1.807, 2.05) is 0 Å². The van der Waals surface area contributed by atoms with E-state index in [9.17, 15) is 4.79 Å². The van der Waals surface area contributed by atoms with Gasteiger partial charge in [0.1, 0.15) is 0 Å². The fourth-order valence-electron chi connectivity index (χ4n) is 1.86. The highest BCUT2D eigenvalue weighted by Crippen LogP contribution is 2.22. The summed E-state index contributed by atoms with van der Waals surface area (Å²) in [4.78, 5) is 15.9. The van der Waals surface area contributed by atoms with Crippen LogP contribution in [0.1, 0.15) is 6.92 Å². The molecular weight excluding hydrogens is 226 g/mol. The van der Waals surface area contributed by atoms with Crippen LogP contribution in [0, 0.1) is 11.8 Å². The van der Waals surface area contributed by atoms with E-state index in [0.29, 0.717) is 16.6 Å². The number of halogens is 1. The lowest BCUT2D eigenvalue weighted by Gasteiger charge is -2.14. The number of carbonyl (C=O) groups is 1. The molecule has 2 N–H and O–H groups in total. The smallest absolute Gasteiger partial charge is 0.229 e. The second-order valence-electron chi connectivity index (χ2n) is 4.09. The maximum atomic E-state index is 11.9. The topological polar surface area (TPSA) is 54.0 Å². The van der Waals surface area contributed by atoms with E-state index in [0.717, 1.165) is 13.1 Å². The van der Waals surface area contributed by atoms with Crippen molar-refractivity contribution in [3.63, 3.8) is 0 Å². The second-order valence-corrected chi connectivity index (χ2v) is 4.49. The van der Waals surface area contributed by atoms with Crippen LogP contribution < -0.4 is 10.6 Å². The van der Waals surface area contributed by atoms with Crippen LogP contribution in [0.15, 0.2) is 18.5 Å². The summed E-state index contributed by atoms with van der Waals surface area (Å²) in [5, 5.41) is 6.52. The van der Waals surface area contributed by atoms with E-state index in [1.54, 1.807) is 18.5 Å². The van der Waals surface area contributed by atoms with Gasteiger partial charge in [-0.3, -0.25) is 9.78 Å². The summed E-state index contributed by atoms with van der Waals surface area (Å²) >= 11 is 5.94. The van der Waals surface area contributed by atoms with Crippen molar-refractivity contribution in [2.75, 3.05) is 18.4 Å². The summed E-state index contributed by atoms with van der Waals surface area (Å²) in [5.41, 5.74) is 0.577. The second kappa shape index (κ2) is 4.80. The number of carbonyl (C=O) groups excluding carboxylic acids is 1. The van der Waals surface area contributed by atoms with E-state index < -0.39 is 0 Å². The highest BCUT2D eigenvalue weighted by molar-refractivity contribution is 6.33. The van der Waals surface area contributed by atoms with Gasteiger partial charge in [-0.1, -0.05) is 18.5 Å². The van der Waals surface area contributed by atoms with E-state index in [4.69, 9.17) is 11.6 Å². The zero-order valence-corrected chi connectivity index (χ0v) is 9.79. The molecule has 2 atom stereocenters. The van der Waals surface area contributed by atoms with Crippen molar-refractivity contribution in [3.05, 3.63) is 23.5 Å². The van der Waals surface area contributed by atoms with Crippen LogP contribution in [0.3, 0.4) is 0 Å². The number of amides is 1. The molecule has 0 saturated carbocycles. The molecule has 0 unspecified atom stereocenters. The third-order valence-electron chi connectivity index (χ3n) is 2.88. The van der Waals surface area contributed by atoms with Crippen molar-refractivity contribution in [1.82, 2.24) is 10.3 Å². The van der Waals surface area contributed by atoms with Gasteiger partial charge in [0.2, 0.25) is 5.91 Å². The Kier molecular flexibility index (Phi) is 3.41. The van der Waals surface area contributed by atoms with Crippen molar-refractivity contribution in [2.24, 2.45) is 11.8 Å². The largest absolute Gasteiger partial charge is 0.323 e. The SMILES string of the molecule is C[C@@H]1CNC[C@H]1C(=O)Nc1cnccc1Cl. The van der Waals surface area contributed by atoms with Gasteiger partial charge in [0.25, 0.3) is 0 Å². The van der Waals surface area contributed by atoms with E-state index >= 15 is 0 Å². The third kappa shape index (κ3) is 2.33. The van der Waals surface area contributed by atoms with E-state index in [-0.39, 0.29) is 11.8 Å². The van der Waals surface area contributed by atoms with Crippen LogP contribution in [-0.2, 0) is 4.79 Å². The zero-order chi connectivity index (χ0) is 11.5. The molecule has 2 rings (SSSR count). The first-order chi connectivity index (χ1) is 7.68. The monoisotopic (exact) mass is 239 g/mol. The maximum absolute atomic E-state index is 11.9. The van der Waals surface area contributed by atoms with Crippen molar-refractivity contribution >= 4 is 23.2 Å². The Labute approximate surface area is 99.4 Å². The lowest BCUT2D eigenvalue weighted by molar-refractivity contribution is -0.120. The van der Waals surface area contributed by atoms with Crippen LogP contribution in [0.5, 0.6) is 0 Å². The highest BCUT2D eigenvalue weighted by atomic mass is 35.5. The summed E-state index contributed by atoms with van der Waals surface area (Å²) in [7, 11) is 0. The number of pyridine rings is 1. The first-order valence-corrected chi connectivity index (χ1v) is 5.67. The molecule has 1 aromatic heterocycles. The van der Waals surface area contributed by atoms with E-state index in [2.05, 4.69) is 22.5 Å². The summed E-state index contributed by atoms with van der Waals surface area (Å²) in [6.07, 6.45) is 3.16. The molecule has 0 aliphatic carbocycles. The Balaban J connectivity index is 2.05. The molecule has 16 heavy (non-hydrogen) atoms. The van der Waals surface area contributed by atoms with Gasteiger partial charge >= 0.3 is 0 Å². The minimum Gasteiger partial charge on any atom is -0.323 e. The molecular formula is C11H14ClN3O. The summed E-state index contributed by atoms with van der Waals surface area (Å²) in [6, 6.07) is 1.66. The molecule has 0 bridgehead atoms. The number of nitrogens with one attached hydrogen (secondary N) is 2. The van der Waals surface area contributed by atoms with Crippen molar-refractivity contribution in [3.8, 4) is 0 Å². The molecule has 2 heterocycles. The molecule has 1 aliphatic heterocycles. The number of anilines is 1. The predicted octanol–water partition coefficient (Wildman–Crippen LogP) is 1.53. The van der Waals surface area contributed by atoms with Gasteiger partial charge < -0.3 is 10.6 Å². The molecule has 5 heteroatoms. The third-order valence-corrected chi connectivity index (χ3v) is 3.21. The summed E-state index contributed by atoms with van der Waals surface area (Å²) in [6.45, 7) is 3.68. The quantitative estimate of drug-likeness (QED) is 0.823. The number of nitrogens with zero attached hydrogens (tertiary/aromatic N) is 1. The van der Waals surface area contributed by atoms with Crippen LogP contribution in [0.2, 0.25) is 5.02 Å². The number of hydrogen-bond acceptors (Lipinski definition) is 3. The molecule has 0 radical (unpaired) electrons. The number of aromatic nitrogens is 1. The molecule has 4 nitrogen and oxygen atoms in total. The number of rotatable bonds is 2. The lowest BCUT2D eigenvalue weighted by atomic mass is 9.97. The van der Waals surface area contributed by atoms with Gasteiger partial charge in [0, 0.05) is 12.7 Å². The summed E-state index contributed by atoms with van der Waals surface area (Å²) < 4.78 is 0. The molecule has 1 fully saturated rings. The summed E-state index contributed by atoms with van der Waals surface area (Å²) in [5.74, 6) is 0.374. The van der Waals surface area contributed by atoms with Gasteiger partial charge in [0.15, 0.2) is 0 Å². The van der Waals surface area contributed by atoms with Gasteiger partial charge in [0.05, 0.1) is 22.8 Å². The van der Waals surface area contributed by atoms with E-state index in [1.165, 1.54) is 0 Å². The molecule has 1 saturated heterocycles. The maximum Gasteiger partial charge on any atom is 0.229 e. The standard InChI is InChI=1S/C11H14ClN3O/c1-7-4-14-5-8(7)11(16)15-10-6-13-3-2-9(10)12/h2-3,6-8,14H,4-5H2,1H3,(H,15,16)/t7-,8-/m1/s1. The Morgan fingerprint density at radius 1 is 1.62 bits per heavy atom. The van der Waals surface area contributed by atoms with Crippen molar-refractivity contribution in [1.29, 1.82) is 0 Å². The molecule has 1 aliphatic rings. The molecule has 0 aromatic carbocycles. The molecule has 0 spiro atoms. The Hall–Kier alpha value is -1.13. The van der Waals surface area contributed by atoms with Crippen LogP contribution in [0.25, 0.3) is 0 Å². The average Bonchev–Trinajstić information content (AvgIpc) is 2.68. The zero-order valence-electron chi connectivity index (χ0n) is 9.03.